The Hall–Kier alpha value is -4.30. The molecule has 1 N–H and O–H groups in total. The Labute approximate surface area is 186 Å². The van der Waals surface area contributed by atoms with Crippen molar-refractivity contribution in [1.82, 2.24) is 4.98 Å². The molecule has 2 aromatic heterocycles. The minimum absolute atomic E-state index is 0.524. The fourth-order valence-corrected chi connectivity index (χ4v) is 4.79. The standard InChI is InChI=1S/C30H19NO/c1-3-13-27-23(9-1)25-12-6-11-22(30(25)31-27)21-8-5-7-19(17-21)20-15-16-29-26(18-20)24-10-2-4-14-28(24)32-29/h1-18,31H/i17D. The van der Waals surface area contributed by atoms with Crippen molar-refractivity contribution in [3.8, 4) is 22.3 Å². The molecule has 0 amide bonds. The van der Waals surface area contributed by atoms with E-state index in [1.54, 1.807) is 0 Å². The molecule has 0 aliphatic heterocycles. The lowest BCUT2D eigenvalue weighted by atomic mass is 9.96. The highest BCUT2D eigenvalue weighted by atomic mass is 16.3. The topological polar surface area (TPSA) is 28.9 Å². The predicted octanol–water partition coefficient (Wildman–Crippen LogP) is 8.55. The maximum atomic E-state index is 9.13. The van der Waals surface area contributed by atoms with Crippen molar-refractivity contribution in [3.63, 3.8) is 0 Å². The summed E-state index contributed by atoms with van der Waals surface area (Å²) in [6.45, 7) is 0. The first-order valence-electron chi connectivity index (χ1n) is 11.3. The van der Waals surface area contributed by atoms with E-state index in [-0.39, 0.29) is 0 Å². The Balaban J connectivity index is 1.45. The monoisotopic (exact) mass is 410 g/mol. The zero-order chi connectivity index (χ0) is 21.9. The lowest BCUT2D eigenvalue weighted by Crippen LogP contribution is -1.83. The Morgan fingerprint density at radius 1 is 0.562 bits per heavy atom. The summed E-state index contributed by atoms with van der Waals surface area (Å²) in [6.07, 6.45) is 0. The molecule has 0 atom stereocenters. The quantitative estimate of drug-likeness (QED) is 0.304. The van der Waals surface area contributed by atoms with E-state index in [9.17, 15) is 0 Å². The minimum atomic E-state index is 0.524. The number of aromatic nitrogens is 1. The summed E-state index contributed by atoms with van der Waals surface area (Å²) >= 11 is 0. The van der Waals surface area contributed by atoms with Gasteiger partial charge in [-0.3, -0.25) is 0 Å². The summed E-state index contributed by atoms with van der Waals surface area (Å²) in [6, 6.07) is 35.6. The molecule has 0 bridgehead atoms. The van der Waals surface area contributed by atoms with Crippen molar-refractivity contribution in [1.29, 1.82) is 0 Å². The maximum absolute atomic E-state index is 9.13. The number of furan rings is 1. The van der Waals surface area contributed by atoms with Crippen LogP contribution in [0.15, 0.2) is 114 Å². The molecule has 7 aromatic rings. The van der Waals surface area contributed by atoms with Crippen LogP contribution in [0.2, 0.25) is 0 Å². The number of para-hydroxylation sites is 3. The maximum Gasteiger partial charge on any atom is 0.135 e. The molecule has 0 aliphatic carbocycles. The van der Waals surface area contributed by atoms with E-state index < -0.39 is 0 Å². The molecule has 0 aliphatic rings. The van der Waals surface area contributed by atoms with Crippen molar-refractivity contribution in [2.75, 3.05) is 0 Å². The van der Waals surface area contributed by atoms with Crippen LogP contribution in [0, 0.1) is 0 Å². The first-order valence-corrected chi connectivity index (χ1v) is 10.8. The zero-order valence-corrected chi connectivity index (χ0v) is 17.2. The molecule has 5 aromatic carbocycles. The Morgan fingerprint density at radius 3 is 2.28 bits per heavy atom. The minimum Gasteiger partial charge on any atom is -0.456 e. The van der Waals surface area contributed by atoms with Gasteiger partial charge in [0, 0.05) is 32.6 Å². The summed E-state index contributed by atoms with van der Waals surface area (Å²) < 4.78 is 15.1. The number of rotatable bonds is 2. The second kappa shape index (κ2) is 6.60. The number of H-pyrrole nitrogens is 1. The van der Waals surface area contributed by atoms with Crippen molar-refractivity contribution >= 4 is 43.7 Å². The molecular formula is C30H19NO. The summed E-state index contributed by atoms with van der Waals surface area (Å²) in [5.41, 5.74) is 7.82. The van der Waals surface area contributed by atoms with Gasteiger partial charge in [-0.15, -0.1) is 0 Å². The Bertz CT molecular complexity index is 1840. The number of benzene rings is 5. The second-order valence-electron chi connectivity index (χ2n) is 8.19. The van der Waals surface area contributed by atoms with Gasteiger partial charge in [0.05, 0.1) is 6.89 Å². The van der Waals surface area contributed by atoms with E-state index in [2.05, 4.69) is 53.5 Å². The lowest BCUT2D eigenvalue weighted by molar-refractivity contribution is 0.669. The van der Waals surface area contributed by atoms with Crippen LogP contribution in [0.3, 0.4) is 0 Å². The van der Waals surface area contributed by atoms with Gasteiger partial charge in [-0.05, 0) is 47.0 Å². The molecular weight excluding hydrogens is 390 g/mol. The van der Waals surface area contributed by atoms with Crippen LogP contribution >= 0.6 is 0 Å². The van der Waals surface area contributed by atoms with Crippen LogP contribution in [0.4, 0.5) is 0 Å². The van der Waals surface area contributed by atoms with E-state index in [1.807, 2.05) is 54.6 Å². The van der Waals surface area contributed by atoms with Gasteiger partial charge in [0.2, 0.25) is 0 Å². The molecule has 0 unspecified atom stereocenters. The summed E-state index contributed by atoms with van der Waals surface area (Å²) in [7, 11) is 0. The average Bonchev–Trinajstić information content (AvgIpc) is 3.42. The van der Waals surface area contributed by atoms with Crippen LogP contribution in [0.25, 0.3) is 66.0 Å². The molecule has 0 fully saturated rings. The molecule has 0 radical (unpaired) electrons. The highest BCUT2D eigenvalue weighted by Gasteiger charge is 2.11. The third-order valence-corrected chi connectivity index (χ3v) is 6.31. The second-order valence-corrected chi connectivity index (χ2v) is 8.19. The van der Waals surface area contributed by atoms with E-state index >= 15 is 0 Å². The smallest absolute Gasteiger partial charge is 0.135 e. The van der Waals surface area contributed by atoms with E-state index in [4.69, 9.17) is 5.79 Å². The normalized spacial score (nSPS) is 12.2. The van der Waals surface area contributed by atoms with Crippen molar-refractivity contribution in [3.05, 3.63) is 109 Å². The average molecular weight is 410 g/mol. The summed E-state index contributed by atoms with van der Waals surface area (Å²) in [5, 5.41) is 4.55. The van der Waals surface area contributed by atoms with E-state index in [0.717, 1.165) is 55.2 Å². The molecule has 0 saturated heterocycles. The molecule has 2 heteroatoms. The first-order chi connectivity index (χ1) is 16.3. The largest absolute Gasteiger partial charge is 0.456 e. The van der Waals surface area contributed by atoms with Crippen LogP contribution in [-0.2, 0) is 0 Å². The van der Waals surface area contributed by atoms with Gasteiger partial charge < -0.3 is 9.40 Å². The molecule has 0 saturated carbocycles. The van der Waals surface area contributed by atoms with Crippen LogP contribution in [0.5, 0.6) is 0 Å². The Morgan fingerprint density at radius 2 is 1.31 bits per heavy atom. The third kappa shape index (κ3) is 2.53. The highest BCUT2D eigenvalue weighted by molar-refractivity contribution is 6.12. The Kier molecular flexibility index (Phi) is 3.38. The van der Waals surface area contributed by atoms with Gasteiger partial charge in [-0.25, -0.2) is 0 Å². The van der Waals surface area contributed by atoms with Gasteiger partial charge in [-0.2, -0.15) is 0 Å². The highest BCUT2D eigenvalue weighted by Crippen LogP contribution is 2.36. The van der Waals surface area contributed by atoms with E-state index in [1.165, 1.54) is 10.8 Å². The molecule has 2 heterocycles. The third-order valence-electron chi connectivity index (χ3n) is 6.31. The SMILES string of the molecule is [2H]c1c(-c2ccc3oc4ccccc4c3c2)cccc1-c1cccc2c1[nH]c1ccccc12. The van der Waals surface area contributed by atoms with Crippen LogP contribution < -0.4 is 0 Å². The van der Waals surface area contributed by atoms with Gasteiger partial charge in [-0.1, -0.05) is 78.9 Å². The number of fused-ring (bicyclic) bond motifs is 6. The number of nitrogens with one attached hydrogen (secondary N) is 1. The fraction of sp³-hybridized carbons (Fsp3) is 0. The van der Waals surface area contributed by atoms with Crippen molar-refractivity contribution in [2.45, 2.75) is 0 Å². The molecule has 0 spiro atoms. The number of hydrogen-bond donors (Lipinski definition) is 1. The zero-order valence-electron chi connectivity index (χ0n) is 18.2. The summed E-state index contributed by atoms with van der Waals surface area (Å²) in [4.78, 5) is 3.58. The van der Waals surface area contributed by atoms with Crippen molar-refractivity contribution < 1.29 is 5.79 Å². The van der Waals surface area contributed by atoms with Gasteiger partial charge in [0.1, 0.15) is 11.2 Å². The van der Waals surface area contributed by atoms with Gasteiger partial charge in [0.25, 0.3) is 0 Å². The fourth-order valence-electron chi connectivity index (χ4n) is 4.79. The van der Waals surface area contributed by atoms with E-state index in [0.29, 0.717) is 6.04 Å². The molecule has 32 heavy (non-hydrogen) atoms. The molecule has 2 nitrogen and oxygen atoms in total. The van der Waals surface area contributed by atoms with Gasteiger partial charge >= 0.3 is 0 Å². The number of hydrogen-bond acceptors (Lipinski definition) is 1. The van der Waals surface area contributed by atoms with Crippen molar-refractivity contribution in [2.24, 2.45) is 0 Å². The van der Waals surface area contributed by atoms with Crippen LogP contribution in [-0.4, -0.2) is 4.98 Å². The first kappa shape index (κ1) is 16.4. The predicted molar refractivity (Wildman–Crippen MR) is 134 cm³/mol. The number of aromatic amines is 1. The van der Waals surface area contributed by atoms with Gasteiger partial charge in [0.15, 0.2) is 0 Å². The van der Waals surface area contributed by atoms with Crippen LogP contribution in [0.1, 0.15) is 1.37 Å². The summed E-state index contributed by atoms with van der Waals surface area (Å²) in [5.74, 6) is 0. The molecule has 150 valence electrons. The lowest BCUT2D eigenvalue weighted by Gasteiger charge is -2.08. The molecule has 7 rings (SSSR count).